The zero-order valence-electron chi connectivity index (χ0n) is 14.3. The average Bonchev–Trinajstić information content (AvgIpc) is 3.11. The number of nitro benzene ring substituents is 1. The molecule has 0 aliphatic rings. The molecule has 0 saturated heterocycles. The molecule has 4 aromatic rings. The zero-order chi connectivity index (χ0) is 19.7. The highest BCUT2D eigenvalue weighted by Crippen LogP contribution is 2.27. The molecule has 7 nitrogen and oxygen atoms in total. The van der Waals surface area contributed by atoms with Crippen LogP contribution in [0.1, 0.15) is 10.4 Å². The number of amides is 1. The Morgan fingerprint density at radius 2 is 1.75 bits per heavy atom. The molecule has 4 rings (SSSR count). The topological polar surface area (TPSA) is 98.3 Å². The van der Waals surface area contributed by atoms with Gasteiger partial charge in [0.1, 0.15) is 5.52 Å². The summed E-state index contributed by atoms with van der Waals surface area (Å²) >= 11 is 5.96. The summed E-state index contributed by atoms with van der Waals surface area (Å²) in [5.41, 5.74) is 2.88. The van der Waals surface area contributed by atoms with Crippen molar-refractivity contribution in [1.29, 1.82) is 0 Å². The van der Waals surface area contributed by atoms with Crippen molar-refractivity contribution in [3.8, 4) is 11.5 Å². The predicted molar refractivity (Wildman–Crippen MR) is 106 cm³/mol. The van der Waals surface area contributed by atoms with Gasteiger partial charge in [0.25, 0.3) is 11.6 Å². The Labute approximate surface area is 163 Å². The number of aromatic nitrogens is 1. The van der Waals surface area contributed by atoms with E-state index in [0.717, 1.165) is 5.56 Å². The van der Waals surface area contributed by atoms with Crippen LogP contribution in [0.4, 0.5) is 11.4 Å². The van der Waals surface area contributed by atoms with Crippen molar-refractivity contribution < 1.29 is 14.1 Å². The van der Waals surface area contributed by atoms with Crippen LogP contribution in [-0.4, -0.2) is 15.8 Å². The maximum atomic E-state index is 12.3. The fourth-order valence-electron chi connectivity index (χ4n) is 2.66. The molecule has 0 radical (unpaired) electrons. The Balaban J connectivity index is 1.50. The molecule has 1 N–H and O–H groups in total. The van der Waals surface area contributed by atoms with E-state index in [-0.39, 0.29) is 11.6 Å². The fraction of sp³-hybridized carbons (Fsp3) is 0. The minimum absolute atomic E-state index is 0.0690. The first-order chi connectivity index (χ1) is 13.5. The van der Waals surface area contributed by atoms with Crippen LogP contribution in [0.25, 0.3) is 22.6 Å². The number of fused-ring (bicyclic) bond motifs is 1. The number of carbonyl (C=O) groups is 1. The van der Waals surface area contributed by atoms with Gasteiger partial charge in [0.2, 0.25) is 5.89 Å². The Morgan fingerprint density at radius 3 is 2.43 bits per heavy atom. The lowest BCUT2D eigenvalue weighted by Crippen LogP contribution is -2.11. The van der Waals surface area contributed by atoms with Gasteiger partial charge in [-0.05, 0) is 54.6 Å². The van der Waals surface area contributed by atoms with E-state index >= 15 is 0 Å². The molecule has 3 aromatic carbocycles. The first kappa shape index (κ1) is 17.7. The predicted octanol–water partition coefficient (Wildman–Crippen LogP) is 5.31. The first-order valence-corrected chi connectivity index (χ1v) is 8.60. The summed E-state index contributed by atoms with van der Waals surface area (Å²) < 4.78 is 5.72. The van der Waals surface area contributed by atoms with Crippen LogP contribution >= 0.6 is 11.6 Å². The minimum atomic E-state index is -0.513. The van der Waals surface area contributed by atoms with Crippen molar-refractivity contribution in [3.63, 3.8) is 0 Å². The lowest BCUT2D eigenvalue weighted by molar-refractivity contribution is -0.384. The SMILES string of the molecule is O=C(Nc1ccc(-c2nc3cc(Cl)ccc3o2)cc1)c1ccc([N+](=O)[O-])cc1. The van der Waals surface area contributed by atoms with E-state index in [4.69, 9.17) is 16.0 Å². The number of anilines is 1. The average molecular weight is 394 g/mol. The van der Waals surface area contributed by atoms with Crippen LogP contribution < -0.4 is 5.32 Å². The van der Waals surface area contributed by atoms with E-state index in [1.54, 1.807) is 42.5 Å². The van der Waals surface area contributed by atoms with Crippen molar-refractivity contribution in [2.75, 3.05) is 5.32 Å². The van der Waals surface area contributed by atoms with Crippen LogP contribution in [0.5, 0.6) is 0 Å². The Bertz CT molecular complexity index is 1180. The molecule has 0 saturated carbocycles. The number of hydrogen-bond donors (Lipinski definition) is 1. The van der Waals surface area contributed by atoms with E-state index in [1.165, 1.54) is 24.3 Å². The van der Waals surface area contributed by atoms with Crippen LogP contribution in [-0.2, 0) is 0 Å². The number of rotatable bonds is 4. The Morgan fingerprint density at radius 1 is 1.04 bits per heavy atom. The highest BCUT2D eigenvalue weighted by atomic mass is 35.5. The second kappa shape index (κ2) is 7.13. The third-order valence-corrected chi connectivity index (χ3v) is 4.31. The quantitative estimate of drug-likeness (QED) is 0.374. The number of nitrogens with one attached hydrogen (secondary N) is 1. The number of oxazole rings is 1. The summed E-state index contributed by atoms with van der Waals surface area (Å²) in [6.07, 6.45) is 0. The van der Waals surface area contributed by atoms with Crippen molar-refractivity contribution in [2.45, 2.75) is 0 Å². The van der Waals surface area contributed by atoms with Gasteiger partial charge in [-0.1, -0.05) is 11.6 Å². The molecular weight excluding hydrogens is 382 g/mol. The lowest BCUT2D eigenvalue weighted by Gasteiger charge is -2.05. The maximum Gasteiger partial charge on any atom is 0.269 e. The normalized spacial score (nSPS) is 10.8. The number of hydrogen-bond acceptors (Lipinski definition) is 5. The summed E-state index contributed by atoms with van der Waals surface area (Å²) in [6.45, 7) is 0. The molecule has 8 heteroatoms. The van der Waals surface area contributed by atoms with Crippen molar-refractivity contribution >= 4 is 40.0 Å². The zero-order valence-corrected chi connectivity index (χ0v) is 15.0. The van der Waals surface area contributed by atoms with Crippen LogP contribution in [0, 0.1) is 10.1 Å². The molecule has 138 valence electrons. The number of carbonyl (C=O) groups excluding carboxylic acids is 1. The highest BCUT2D eigenvalue weighted by Gasteiger charge is 2.11. The second-order valence-electron chi connectivity index (χ2n) is 5.97. The lowest BCUT2D eigenvalue weighted by atomic mass is 10.1. The molecule has 0 fully saturated rings. The molecular formula is C20H12ClN3O4. The molecule has 1 aromatic heterocycles. The molecule has 28 heavy (non-hydrogen) atoms. The van der Waals surface area contributed by atoms with Crippen molar-refractivity contribution in [3.05, 3.63) is 87.4 Å². The van der Waals surface area contributed by atoms with Gasteiger partial charge in [-0.2, -0.15) is 0 Å². The smallest absolute Gasteiger partial charge is 0.269 e. The molecule has 0 atom stereocenters. The molecule has 0 bridgehead atoms. The van der Waals surface area contributed by atoms with Crippen LogP contribution in [0.15, 0.2) is 71.1 Å². The summed E-state index contributed by atoms with van der Waals surface area (Å²) in [6, 6.07) is 17.6. The minimum Gasteiger partial charge on any atom is -0.436 e. The van der Waals surface area contributed by atoms with Crippen LogP contribution in [0.3, 0.4) is 0 Å². The molecule has 0 unspecified atom stereocenters. The monoisotopic (exact) mass is 393 g/mol. The van der Waals surface area contributed by atoms with Gasteiger partial charge < -0.3 is 9.73 Å². The maximum absolute atomic E-state index is 12.3. The fourth-order valence-corrected chi connectivity index (χ4v) is 2.82. The largest absolute Gasteiger partial charge is 0.436 e. The van der Waals surface area contributed by atoms with Crippen molar-refractivity contribution in [2.24, 2.45) is 0 Å². The van der Waals surface area contributed by atoms with Crippen LogP contribution in [0.2, 0.25) is 5.02 Å². The van der Waals surface area contributed by atoms with Gasteiger partial charge >= 0.3 is 0 Å². The molecule has 0 aliphatic heterocycles. The second-order valence-corrected chi connectivity index (χ2v) is 6.40. The number of nitrogens with zero attached hydrogens (tertiary/aromatic N) is 2. The van der Waals surface area contributed by atoms with Gasteiger partial charge in [-0.25, -0.2) is 4.98 Å². The van der Waals surface area contributed by atoms with Gasteiger partial charge in [-0.15, -0.1) is 0 Å². The van der Waals surface area contributed by atoms with E-state index < -0.39 is 4.92 Å². The number of nitro groups is 1. The highest BCUT2D eigenvalue weighted by molar-refractivity contribution is 6.31. The number of benzene rings is 3. The van der Waals surface area contributed by atoms with E-state index in [9.17, 15) is 14.9 Å². The van der Waals surface area contributed by atoms with E-state index in [1.807, 2.05) is 0 Å². The Kier molecular flexibility index (Phi) is 4.50. The summed E-state index contributed by atoms with van der Waals surface area (Å²) in [4.78, 5) is 26.9. The number of non-ortho nitro benzene ring substituents is 1. The van der Waals surface area contributed by atoms with Gasteiger partial charge in [0.05, 0.1) is 4.92 Å². The van der Waals surface area contributed by atoms with Gasteiger partial charge in [0, 0.05) is 34.0 Å². The van der Waals surface area contributed by atoms with Gasteiger partial charge in [-0.3, -0.25) is 14.9 Å². The third kappa shape index (κ3) is 3.56. The summed E-state index contributed by atoms with van der Waals surface area (Å²) in [5, 5.41) is 14.0. The number of halogens is 1. The third-order valence-electron chi connectivity index (χ3n) is 4.08. The van der Waals surface area contributed by atoms with E-state index in [2.05, 4.69) is 10.3 Å². The molecule has 0 aliphatic carbocycles. The first-order valence-electron chi connectivity index (χ1n) is 8.22. The summed E-state index contributed by atoms with van der Waals surface area (Å²) in [5.74, 6) is 0.0877. The molecule has 0 spiro atoms. The summed E-state index contributed by atoms with van der Waals surface area (Å²) in [7, 11) is 0. The Hall–Kier alpha value is -3.71. The standard InChI is InChI=1S/C20H12ClN3O4/c21-14-5-10-18-17(11-14)23-20(28-18)13-1-6-15(7-2-13)22-19(25)12-3-8-16(9-4-12)24(26)27/h1-11H,(H,22,25). The molecule has 1 heterocycles. The van der Waals surface area contributed by atoms with Gasteiger partial charge in [0.15, 0.2) is 5.58 Å². The van der Waals surface area contributed by atoms with Crippen molar-refractivity contribution in [1.82, 2.24) is 4.98 Å². The molecule has 1 amide bonds. The van der Waals surface area contributed by atoms with E-state index in [0.29, 0.717) is 33.3 Å².